The average molecular weight is 368 g/mol. The predicted molar refractivity (Wildman–Crippen MR) is 105 cm³/mol. The quantitative estimate of drug-likeness (QED) is 0.745. The minimum absolute atomic E-state index is 0.0404. The third-order valence-corrected chi connectivity index (χ3v) is 5.81. The fourth-order valence-corrected chi connectivity index (χ4v) is 4.38. The van der Waals surface area contributed by atoms with E-state index >= 15 is 0 Å². The van der Waals surface area contributed by atoms with Crippen molar-refractivity contribution in [1.29, 1.82) is 0 Å². The fraction of sp³-hybridized carbons (Fsp3) is 0.316. The van der Waals surface area contributed by atoms with Crippen LogP contribution >= 0.6 is 11.3 Å². The number of hydrogen-bond donors (Lipinski definition) is 2. The van der Waals surface area contributed by atoms with E-state index in [4.69, 9.17) is 4.98 Å². The first-order chi connectivity index (χ1) is 12.7. The van der Waals surface area contributed by atoms with Gasteiger partial charge in [0.25, 0.3) is 5.56 Å². The number of fused-ring (bicyclic) bond motifs is 1. The molecule has 1 unspecified atom stereocenters. The van der Waals surface area contributed by atoms with Crippen molar-refractivity contribution >= 4 is 33.4 Å². The highest BCUT2D eigenvalue weighted by atomic mass is 32.1. The van der Waals surface area contributed by atoms with E-state index in [-0.39, 0.29) is 17.4 Å². The largest absolute Gasteiger partial charge is 0.359 e. The van der Waals surface area contributed by atoms with Crippen LogP contribution in [0.1, 0.15) is 12.8 Å². The van der Waals surface area contributed by atoms with Crippen molar-refractivity contribution in [3.05, 3.63) is 46.1 Å². The molecule has 2 N–H and O–H groups in total. The van der Waals surface area contributed by atoms with Gasteiger partial charge in [0.1, 0.15) is 4.70 Å². The maximum Gasteiger partial charge on any atom is 0.270 e. The molecule has 1 aliphatic heterocycles. The normalized spacial score (nSPS) is 17.4. The third-order valence-electron chi connectivity index (χ3n) is 4.84. The summed E-state index contributed by atoms with van der Waals surface area (Å²) in [4.78, 5) is 34.2. The molecule has 1 saturated heterocycles. The van der Waals surface area contributed by atoms with E-state index in [1.807, 2.05) is 40.6 Å². The van der Waals surface area contributed by atoms with Crippen LogP contribution in [-0.2, 0) is 4.79 Å². The second-order valence-corrected chi connectivity index (χ2v) is 7.36. The zero-order valence-corrected chi connectivity index (χ0v) is 15.3. The second-order valence-electron chi connectivity index (χ2n) is 6.48. The van der Waals surface area contributed by atoms with Crippen LogP contribution in [0.5, 0.6) is 0 Å². The lowest BCUT2D eigenvalue weighted by Crippen LogP contribution is -2.43. The van der Waals surface area contributed by atoms with Gasteiger partial charge in [-0.1, -0.05) is 30.3 Å². The van der Waals surface area contributed by atoms with Gasteiger partial charge in [0, 0.05) is 31.1 Å². The molecule has 1 fully saturated rings. The van der Waals surface area contributed by atoms with Gasteiger partial charge in [-0.05, 0) is 18.4 Å². The van der Waals surface area contributed by atoms with E-state index in [0.717, 1.165) is 36.0 Å². The summed E-state index contributed by atoms with van der Waals surface area (Å²) < 4.78 is 0.632. The molecular weight excluding hydrogens is 348 g/mol. The summed E-state index contributed by atoms with van der Waals surface area (Å²) in [7, 11) is 1.66. The molecule has 134 valence electrons. The van der Waals surface area contributed by atoms with Gasteiger partial charge in [-0.3, -0.25) is 14.6 Å². The summed E-state index contributed by atoms with van der Waals surface area (Å²) in [6.07, 6.45) is 1.76. The van der Waals surface area contributed by atoms with E-state index in [0.29, 0.717) is 17.2 Å². The number of aromatic amines is 1. The Hall–Kier alpha value is -2.67. The number of carbonyl (C=O) groups excluding carboxylic acids is 1. The number of amides is 1. The van der Waals surface area contributed by atoms with Gasteiger partial charge in [-0.15, -0.1) is 11.3 Å². The van der Waals surface area contributed by atoms with Crippen LogP contribution in [0.4, 0.5) is 5.95 Å². The average Bonchev–Trinajstić information content (AvgIpc) is 3.13. The summed E-state index contributed by atoms with van der Waals surface area (Å²) in [5, 5.41) is 4.70. The monoisotopic (exact) mass is 368 g/mol. The van der Waals surface area contributed by atoms with Crippen LogP contribution < -0.4 is 15.8 Å². The number of piperidine rings is 1. The van der Waals surface area contributed by atoms with E-state index in [1.54, 1.807) is 7.05 Å². The maximum absolute atomic E-state index is 12.6. The van der Waals surface area contributed by atoms with Gasteiger partial charge in [0.2, 0.25) is 11.9 Å². The van der Waals surface area contributed by atoms with Crippen molar-refractivity contribution in [1.82, 2.24) is 15.3 Å². The van der Waals surface area contributed by atoms with Gasteiger partial charge in [-0.2, -0.15) is 0 Å². The lowest BCUT2D eigenvalue weighted by molar-refractivity contribution is -0.124. The fourth-order valence-electron chi connectivity index (χ4n) is 3.48. The van der Waals surface area contributed by atoms with E-state index in [1.165, 1.54) is 11.3 Å². The summed E-state index contributed by atoms with van der Waals surface area (Å²) in [6, 6.07) is 9.96. The van der Waals surface area contributed by atoms with Crippen LogP contribution in [0.2, 0.25) is 0 Å². The maximum atomic E-state index is 12.6. The van der Waals surface area contributed by atoms with Gasteiger partial charge in [0.05, 0.1) is 11.4 Å². The van der Waals surface area contributed by atoms with Crippen LogP contribution in [0, 0.1) is 5.92 Å². The molecule has 0 saturated carbocycles. The van der Waals surface area contributed by atoms with Crippen LogP contribution in [0.15, 0.2) is 40.5 Å². The molecule has 0 spiro atoms. The smallest absolute Gasteiger partial charge is 0.270 e. The Labute approximate surface area is 154 Å². The topological polar surface area (TPSA) is 78.1 Å². The lowest BCUT2D eigenvalue weighted by Gasteiger charge is -2.32. The van der Waals surface area contributed by atoms with E-state index in [2.05, 4.69) is 10.3 Å². The number of benzene rings is 1. The first kappa shape index (κ1) is 16.8. The molecule has 1 atom stereocenters. The molecule has 0 aliphatic carbocycles. The number of nitrogens with one attached hydrogen (secondary N) is 2. The number of carbonyl (C=O) groups is 1. The Kier molecular flexibility index (Phi) is 4.46. The van der Waals surface area contributed by atoms with Gasteiger partial charge in [0.15, 0.2) is 0 Å². The molecule has 3 aromatic rings. The Balaban J connectivity index is 1.75. The highest BCUT2D eigenvalue weighted by molar-refractivity contribution is 7.17. The molecule has 0 bridgehead atoms. The number of nitrogens with zero attached hydrogens (tertiary/aromatic N) is 2. The minimum Gasteiger partial charge on any atom is -0.359 e. The Bertz CT molecular complexity index is 996. The second kappa shape index (κ2) is 6.92. The number of anilines is 1. The molecule has 7 heteroatoms. The molecule has 1 aromatic carbocycles. The zero-order valence-electron chi connectivity index (χ0n) is 14.5. The Morgan fingerprint density at radius 2 is 2.15 bits per heavy atom. The number of aromatic nitrogens is 2. The van der Waals surface area contributed by atoms with Crippen molar-refractivity contribution in [2.24, 2.45) is 5.92 Å². The first-order valence-electron chi connectivity index (χ1n) is 8.71. The number of hydrogen-bond acceptors (Lipinski definition) is 5. The van der Waals surface area contributed by atoms with Crippen LogP contribution in [-0.4, -0.2) is 36.0 Å². The predicted octanol–water partition coefficient (Wildman–Crippen LogP) is 2.61. The highest BCUT2D eigenvalue weighted by Gasteiger charge is 2.27. The molecule has 3 heterocycles. The van der Waals surface area contributed by atoms with Gasteiger partial charge < -0.3 is 10.2 Å². The molecule has 2 aromatic heterocycles. The number of rotatable bonds is 3. The van der Waals surface area contributed by atoms with E-state index < -0.39 is 0 Å². The van der Waals surface area contributed by atoms with Crippen molar-refractivity contribution in [3.63, 3.8) is 0 Å². The lowest BCUT2D eigenvalue weighted by atomic mass is 9.97. The molecule has 0 radical (unpaired) electrons. The highest BCUT2D eigenvalue weighted by Crippen LogP contribution is 2.32. The Morgan fingerprint density at radius 3 is 2.92 bits per heavy atom. The van der Waals surface area contributed by atoms with Crippen molar-refractivity contribution in [3.8, 4) is 11.1 Å². The van der Waals surface area contributed by atoms with Gasteiger partial charge in [-0.25, -0.2) is 4.98 Å². The summed E-state index contributed by atoms with van der Waals surface area (Å²) >= 11 is 1.41. The SMILES string of the molecule is CNC(=O)C1CCCN(c2nc3c(-c4ccccc4)csc3c(=O)[nH]2)C1. The number of H-pyrrole nitrogens is 1. The first-order valence-corrected chi connectivity index (χ1v) is 9.59. The summed E-state index contributed by atoms with van der Waals surface area (Å²) in [5.74, 6) is 0.510. The Morgan fingerprint density at radius 1 is 1.35 bits per heavy atom. The summed E-state index contributed by atoms with van der Waals surface area (Å²) in [6.45, 7) is 1.35. The van der Waals surface area contributed by atoms with Crippen LogP contribution in [0.25, 0.3) is 21.3 Å². The van der Waals surface area contributed by atoms with Gasteiger partial charge >= 0.3 is 0 Å². The molecule has 4 rings (SSSR count). The number of thiophene rings is 1. The zero-order chi connectivity index (χ0) is 18.1. The molecule has 26 heavy (non-hydrogen) atoms. The van der Waals surface area contributed by atoms with E-state index in [9.17, 15) is 9.59 Å². The molecule has 1 aliphatic rings. The summed E-state index contributed by atoms with van der Waals surface area (Å²) in [5.41, 5.74) is 2.61. The minimum atomic E-state index is -0.126. The standard InChI is InChI=1S/C19H20N4O2S/c1-20-17(24)13-8-5-9-23(10-13)19-21-15-14(12-6-3-2-4-7-12)11-26-16(15)18(25)22-19/h2-4,6-7,11,13H,5,8-10H2,1H3,(H,20,24)(H,21,22,25). The third kappa shape index (κ3) is 2.99. The van der Waals surface area contributed by atoms with Crippen molar-refractivity contribution < 1.29 is 4.79 Å². The van der Waals surface area contributed by atoms with Crippen LogP contribution in [0.3, 0.4) is 0 Å². The molecule has 1 amide bonds. The van der Waals surface area contributed by atoms with Crippen molar-refractivity contribution in [2.75, 3.05) is 25.0 Å². The molecule has 6 nitrogen and oxygen atoms in total. The molecular formula is C19H20N4O2S. The van der Waals surface area contributed by atoms with Crippen molar-refractivity contribution in [2.45, 2.75) is 12.8 Å².